The molecule has 3 heterocycles. The van der Waals surface area contributed by atoms with Crippen molar-refractivity contribution >= 4 is 50.0 Å². The molecule has 1 aromatic carbocycles. The largest absolute Gasteiger partial charge is 0.368 e. The van der Waals surface area contributed by atoms with Crippen molar-refractivity contribution in [2.45, 2.75) is 30.2 Å². The first-order valence-electron chi connectivity index (χ1n) is 8.09. The fraction of sp³-hybridized carbons (Fsp3) is 0.500. The van der Waals surface area contributed by atoms with Gasteiger partial charge in [-0.3, -0.25) is 4.79 Å². The second-order valence-electron chi connectivity index (χ2n) is 6.38. The van der Waals surface area contributed by atoms with Crippen molar-refractivity contribution in [3.63, 3.8) is 0 Å². The van der Waals surface area contributed by atoms with Crippen molar-refractivity contribution in [2.24, 2.45) is 4.99 Å². The van der Waals surface area contributed by atoms with Crippen LogP contribution in [0.1, 0.15) is 12.8 Å². The van der Waals surface area contributed by atoms with Gasteiger partial charge in [0.25, 0.3) is 5.91 Å². The summed E-state index contributed by atoms with van der Waals surface area (Å²) in [7, 11) is -3.08. The van der Waals surface area contributed by atoms with Gasteiger partial charge >= 0.3 is 0 Å². The van der Waals surface area contributed by atoms with Gasteiger partial charge in [-0.1, -0.05) is 23.4 Å². The molecule has 0 aromatic heterocycles. The Balaban J connectivity index is 1.68. The van der Waals surface area contributed by atoms with E-state index in [0.717, 1.165) is 12.1 Å². The number of sulfone groups is 1. The molecule has 0 unspecified atom stereocenters. The first kappa shape index (κ1) is 17.3. The number of nitrogens with zero attached hydrogens (tertiary/aromatic N) is 2. The number of carbonyl (C=O) groups excluding carboxylic acids is 1. The Morgan fingerprint density at radius 3 is 2.72 bits per heavy atom. The highest BCUT2D eigenvalue weighted by Gasteiger charge is 2.49. The fourth-order valence-corrected chi connectivity index (χ4v) is 7.45. The Labute approximate surface area is 155 Å². The van der Waals surface area contributed by atoms with E-state index >= 15 is 0 Å². The van der Waals surface area contributed by atoms with Gasteiger partial charge in [-0.05, 0) is 37.1 Å². The zero-order valence-electron chi connectivity index (χ0n) is 13.3. The van der Waals surface area contributed by atoms with Crippen molar-refractivity contribution in [3.8, 4) is 0 Å². The van der Waals surface area contributed by atoms with Gasteiger partial charge in [0.2, 0.25) is 0 Å². The Bertz CT molecular complexity index is 819. The average Bonchev–Trinajstić information content (AvgIpc) is 3.23. The summed E-state index contributed by atoms with van der Waals surface area (Å²) in [6.07, 6.45) is 1.06. The van der Waals surface area contributed by atoms with Crippen LogP contribution in [0.3, 0.4) is 0 Å². The maximum Gasteiger partial charge on any atom is 0.277 e. The van der Waals surface area contributed by atoms with Crippen LogP contribution in [0.4, 0.5) is 5.69 Å². The zero-order valence-corrected chi connectivity index (χ0v) is 15.7. The van der Waals surface area contributed by atoms with Crippen LogP contribution in [-0.4, -0.2) is 55.0 Å². The summed E-state index contributed by atoms with van der Waals surface area (Å²) >= 11 is 7.33. The number of benzene rings is 1. The first-order valence-corrected chi connectivity index (χ1v) is 11.2. The molecule has 9 heteroatoms. The molecular weight excluding hydrogens is 384 g/mol. The molecule has 0 N–H and O–H groups in total. The van der Waals surface area contributed by atoms with Gasteiger partial charge in [0.15, 0.2) is 15.0 Å². The maximum atomic E-state index is 12.4. The molecule has 3 aliphatic rings. The molecule has 0 saturated carbocycles. The van der Waals surface area contributed by atoms with Crippen LogP contribution >= 0.6 is 23.4 Å². The summed E-state index contributed by atoms with van der Waals surface area (Å²) in [6, 6.07) is 6.92. The number of hydrogen-bond donors (Lipinski definition) is 0. The third-order valence-corrected chi connectivity index (χ3v) is 8.04. The normalized spacial score (nSPS) is 32.3. The summed E-state index contributed by atoms with van der Waals surface area (Å²) < 4.78 is 29.5. The minimum atomic E-state index is -3.08. The lowest BCUT2D eigenvalue weighted by atomic mass is 10.2. The van der Waals surface area contributed by atoms with Gasteiger partial charge < -0.3 is 9.64 Å². The number of thioether (sulfide) groups is 1. The summed E-state index contributed by atoms with van der Waals surface area (Å²) in [4.78, 5) is 18.5. The molecule has 0 spiro atoms. The quantitative estimate of drug-likeness (QED) is 0.756. The third kappa shape index (κ3) is 3.45. The van der Waals surface area contributed by atoms with E-state index in [9.17, 15) is 13.2 Å². The molecule has 6 nitrogen and oxygen atoms in total. The van der Waals surface area contributed by atoms with Gasteiger partial charge in [0.1, 0.15) is 6.10 Å². The van der Waals surface area contributed by atoms with Crippen molar-refractivity contribution in [3.05, 3.63) is 29.3 Å². The van der Waals surface area contributed by atoms with E-state index in [0.29, 0.717) is 23.2 Å². The Morgan fingerprint density at radius 1 is 1.28 bits per heavy atom. The van der Waals surface area contributed by atoms with Crippen LogP contribution < -0.4 is 4.90 Å². The van der Waals surface area contributed by atoms with Gasteiger partial charge in [-0.25, -0.2) is 8.42 Å². The number of ether oxygens (including phenoxy) is 1. The van der Waals surface area contributed by atoms with Crippen LogP contribution in [0, 0.1) is 0 Å². The number of amidine groups is 1. The number of fused-ring (bicyclic) bond motifs is 1. The van der Waals surface area contributed by atoms with Crippen LogP contribution in [0.25, 0.3) is 0 Å². The average molecular weight is 401 g/mol. The lowest BCUT2D eigenvalue weighted by Crippen LogP contribution is -2.38. The molecule has 134 valence electrons. The standard InChI is InChI=1S/C16H17ClN2O4S2/c17-10-3-5-11(6-4-10)19-12-8-25(21,22)9-14(12)24-16(19)18-15(20)13-2-1-7-23-13/h3-6,12-14H,1-2,7-9H2/t12-,13-,14+/m0/s1. The summed E-state index contributed by atoms with van der Waals surface area (Å²) in [5.41, 5.74) is 0.792. The van der Waals surface area contributed by atoms with Crippen LogP contribution in [0.15, 0.2) is 29.3 Å². The summed E-state index contributed by atoms with van der Waals surface area (Å²) in [5, 5.41) is 1.03. The molecule has 3 atom stereocenters. The molecule has 0 aliphatic carbocycles. The van der Waals surface area contributed by atoms with E-state index in [-0.39, 0.29) is 28.7 Å². The second kappa shape index (κ2) is 6.57. The van der Waals surface area contributed by atoms with Crippen LogP contribution in [-0.2, 0) is 19.4 Å². The molecule has 3 aliphatic heterocycles. The van der Waals surface area contributed by atoms with E-state index in [2.05, 4.69) is 4.99 Å². The number of amides is 1. The van der Waals surface area contributed by atoms with E-state index in [1.807, 2.05) is 17.0 Å². The van der Waals surface area contributed by atoms with Crippen molar-refractivity contribution in [1.29, 1.82) is 0 Å². The fourth-order valence-electron chi connectivity index (χ4n) is 3.41. The van der Waals surface area contributed by atoms with E-state index in [4.69, 9.17) is 16.3 Å². The third-order valence-electron chi connectivity index (χ3n) is 4.58. The molecule has 1 aromatic rings. The molecule has 1 amide bonds. The number of aliphatic imine (C=N–C) groups is 1. The minimum Gasteiger partial charge on any atom is -0.368 e. The molecule has 0 radical (unpaired) electrons. The number of hydrogen-bond acceptors (Lipinski definition) is 5. The Kier molecular flexibility index (Phi) is 4.56. The topological polar surface area (TPSA) is 76.0 Å². The molecule has 3 saturated heterocycles. The van der Waals surface area contributed by atoms with Gasteiger partial charge in [0.05, 0.1) is 17.5 Å². The highest BCUT2D eigenvalue weighted by Crippen LogP contribution is 2.41. The van der Waals surface area contributed by atoms with Crippen LogP contribution in [0.2, 0.25) is 5.02 Å². The maximum absolute atomic E-state index is 12.4. The first-order chi connectivity index (χ1) is 11.9. The monoisotopic (exact) mass is 400 g/mol. The molecule has 4 rings (SSSR count). The highest BCUT2D eigenvalue weighted by molar-refractivity contribution is 8.16. The lowest BCUT2D eigenvalue weighted by Gasteiger charge is -2.24. The van der Waals surface area contributed by atoms with Gasteiger partial charge in [0, 0.05) is 22.6 Å². The van der Waals surface area contributed by atoms with Crippen LogP contribution in [0.5, 0.6) is 0 Å². The SMILES string of the molecule is O=C(N=C1S[C@@H]2CS(=O)(=O)C[C@@H]2N1c1ccc(Cl)cc1)[C@@H]1CCCO1. The minimum absolute atomic E-state index is 0.0699. The van der Waals surface area contributed by atoms with E-state index < -0.39 is 15.9 Å². The van der Waals surface area contributed by atoms with Crippen molar-refractivity contribution in [2.75, 3.05) is 23.0 Å². The number of halogens is 1. The van der Waals surface area contributed by atoms with Gasteiger partial charge in [-0.2, -0.15) is 4.99 Å². The zero-order chi connectivity index (χ0) is 17.6. The summed E-state index contributed by atoms with van der Waals surface area (Å²) in [5.74, 6) is -0.109. The number of anilines is 1. The Hall–Kier alpha value is -1.09. The Morgan fingerprint density at radius 2 is 2.04 bits per heavy atom. The number of rotatable bonds is 2. The summed E-state index contributed by atoms with van der Waals surface area (Å²) in [6.45, 7) is 0.582. The number of carbonyl (C=O) groups is 1. The van der Waals surface area contributed by atoms with Gasteiger partial charge in [-0.15, -0.1) is 0 Å². The van der Waals surface area contributed by atoms with Crippen molar-refractivity contribution < 1.29 is 17.9 Å². The lowest BCUT2D eigenvalue weighted by molar-refractivity contribution is -0.126. The predicted octanol–water partition coefficient (Wildman–Crippen LogP) is 2.12. The van der Waals surface area contributed by atoms with E-state index in [1.165, 1.54) is 11.8 Å². The predicted molar refractivity (Wildman–Crippen MR) is 99.2 cm³/mol. The second-order valence-corrected chi connectivity index (χ2v) is 10.2. The highest BCUT2D eigenvalue weighted by atomic mass is 35.5. The molecular formula is C16H17ClN2O4S2. The smallest absolute Gasteiger partial charge is 0.277 e. The molecule has 0 bridgehead atoms. The van der Waals surface area contributed by atoms with E-state index in [1.54, 1.807) is 12.1 Å². The van der Waals surface area contributed by atoms with Crippen molar-refractivity contribution in [1.82, 2.24) is 0 Å². The molecule has 3 fully saturated rings. The molecule has 25 heavy (non-hydrogen) atoms.